The zero-order valence-corrected chi connectivity index (χ0v) is 13.8. The molecule has 1 unspecified atom stereocenters. The number of carbonyl (C=O) groups excluding carboxylic acids is 2. The van der Waals surface area contributed by atoms with E-state index < -0.39 is 16.7 Å². The molecule has 25 heavy (non-hydrogen) atoms. The highest BCUT2D eigenvalue weighted by Crippen LogP contribution is 2.29. The van der Waals surface area contributed by atoms with Crippen LogP contribution in [0.2, 0.25) is 5.02 Å². The van der Waals surface area contributed by atoms with E-state index in [4.69, 9.17) is 11.6 Å². The van der Waals surface area contributed by atoms with Gasteiger partial charge in [-0.05, 0) is 30.3 Å². The van der Waals surface area contributed by atoms with E-state index in [1.54, 1.807) is 30.3 Å². The Morgan fingerprint density at radius 1 is 1.20 bits per heavy atom. The number of nitrogens with zero attached hydrogens (tertiary/aromatic N) is 2. The first-order valence-corrected chi connectivity index (χ1v) is 7.93. The number of anilines is 2. The number of benzene rings is 2. The second-order valence-electron chi connectivity index (χ2n) is 5.65. The number of hydrogen-bond donors (Lipinski definition) is 1. The lowest BCUT2D eigenvalue weighted by Crippen LogP contribution is -2.28. The molecule has 0 bridgehead atoms. The van der Waals surface area contributed by atoms with Gasteiger partial charge in [0.25, 0.3) is 5.69 Å². The first-order chi connectivity index (χ1) is 12.0. The van der Waals surface area contributed by atoms with Crippen molar-refractivity contribution in [2.75, 3.05) is 16.8 Å². The zero-order chi connectivity index (χ0) is 18.0. The maximum atomic E-state index is 12.4. The van der Waals surface area contributed by atoms with Gasteiger partial charge >= 0.3 is 0 Å². The van der Waals surface area contributed by atoms with Crippen molar-refractivity contribution in [3.8, 4) is 0 Å². The van der Waals surface area contributed by atoms with Crippen LogP contribution in [0.25, 0.3) is 0 Å². The van der Waals surface area contributed by atoms with E-state index in [0.717, 1.165) is 0 Å². The molecule has 0 aromatic heterocycles. The van der Waals surface area contributed by atoms with E-state index in [1.165, 1.54) is 23.1 Å². The number of amides is 2. The van der Waals surface area contributed by atoms with Gasteiger partial charge in [0.05, 0.1) is 10.8 Å². The van der Waals surface area contributed by atoms with Gasteiger partial charge in [-0.3, -0.25) is 19.7 Å². The van der Waals surface area contributed by atoms with Gasteiger partial charge in [0.15, 0.2) is 0 Å². The molecule has 1 fully saturated rings. The van der Waals surface area contributed by atoms with Gasteiger partial charge in [0.1, 0.15) is 5.69 Å². The first-order valence-electron chi connectivity index (χ1n) is 7.56. The van der Waals surface area contributed by atoms with Crippen LogP contribution in [0.1, 0.15) is 6.42 Å². The van der Waals surface area contributed by atoms with Crippen LogP contribution in [0.4, 0.5) is 17.1 Å². The Bertz CT molecular complexity index is 838. The van der Waals surface area contributed by atoms with Crippen LogP contribution >= 0.6 is 11.6 Å². The number of halogens is 1. The molecule has 1 aliphatic heterocycles. The van der Waals surface area contributed by atoms with Crippen molar-refractivity contribution in [3.05, 3.63) is 63.7 Å². The van der Waals surface area contributed by atoms with E-state index in [9.17, 15) is 19.7 Å². The summed E-state index contributed by atoms with van der Waals surface area (Å²) < 4.78 is 0. The summed E-state index contributed by atoms with van der Waals surface area (Å²) in [4.78, 5) is 36.6. The number of para-hydroxylation sites is 2. The summed E-state index contributed by atoms with van der Waals surface area (Å²) in [7, 11) is 0. The molecule has 8 heteroatoms. The van der Waals surface area contributed by atoms with Gasteiger partial charge in [-0.25, -0.2) is 0 Å². The predicted molar refractivity (Wildman–Crippen MR) is 93.6 cm³/mol. The Morgan fingerprint density at radius 3 is 2.56 bits per heavy atom. The molecule has 1 heterocycles. The van der Waals surface area contributed by atoms with Gasteiger partial charge in [0, 0.05) is 29.7 Å². The molecule has 2 amide bonds. The molecule has 0 saturated carbocycles. The lowest BCUT2D eigenvalue weighted by molar-refractivity contribution is -0.383. The lowest BCUT2D eigenvalue weighted by atomic mass is 10.1. The number of hydrogen-bond acceptors (Lipinski definition) is 4. The van der Waals surface area contributed by atoms with E-state index in [0.29, 0.717) is 10.7 Å². The lowest BCUT2D eigenvalue weighted by Gasteiger charge is -2.16. The third kappa shape index (κ3) is 3.61. The number of nitro groups is 1. The van der Waals surface area contributed by atoms with E-state index >= 15 is 0 Å². The van der Waals surface area contributed by atoms with Gasteiger partial charge in [0.2, 0.25) is 11.8 Å². The monoisotopic (exact) mass is 359 g/mol. The Balaban J connectivity index is 1.73. The van der Waals surface area contributed by atoms with Crippen molar-refractivity contribution in [3.63, 3.8) is 0 Å². The minimum atomic E-state index is -0.581. The fourth-order valence-corrected chi connectivity index (χ4v) is 2.85. The molecule has 2 aromatic carbocycles. The van der Waals surface area contributed by atoms with Crippen molar-refractivity contribution < 1.29 is 14.5 Å². The van der Waals surface area contributed by atoms with Crippen LogP contribution < -0.4 is 10.2 Å². The average molecular weight is 360 g/mol. The van der Waals surface area contributed by atoms with Crippen LogP contribution in [0.5, 0.6) is 0 Å². The van der Waals surface area contributed by atoms with Crippen LogP contribution in [0.15, 0.2) is 48.5 Å². The summed E-state index contributed by atoms with van der Waals surface area (Å²) in [6.07, 6.45) is 0.0507. The molecular formula is C17H14ClN3O4. The minimum Gasteiger partial charge on any atom is -0.320 e. The fourth-order valence-electron chi connectivity index (χ4n) is 2.73. The molecule has 1 aliphatic rings. The molecule has 1 N–H and O–H groups in total. The van der Waals surface area contributed by atoms with Crippen molar-refractivity contribution in [1.82, 2.24) is 0 Å². The number of nitro benzene ring substituents is 1. The summed E-state index contributed by atoms with van der Waals surface area (Å²) in [5, 5.41) is 14.1. The van der Waals surface area contributed by atoms with E-state index in [2.05, 4.69) is 5.32 Å². The molecule has 0 aliphatic carbocycles. The van der Waals surface area contributed by atoms with Gasteiger partial charge in [-0.15, -0.1) is 0 Å². The Labute approximate surface area is 148 Å². The van der Waals surface area contributed by atoms with E-state index in [1.807, 2.05) is 0 Å². The SMILES string of the molecule is O=C(Nc1ccccc1[N+](=O)[O-])C1CC(=O)N(c2ccc(Cl)cc2)C1. The normalized spacial score (nSPS) is 16.8. The summed E-state index contributed by atoms with van der Waals surface area (Å²) in [5.41, 5.74) is 0.597. The van der Waals surface area contributed by atoms with Gasteiger partial charge < -0.3 is 10.2 Å². The topological polar surface area (TPSA) is 92.5 Å². The summed E-state index contributed by atoms with van der Waals surface area (Å²) in [5.74, 6) is -1.17. The Kier molecular flexibility index (Phi) is 4.67. The molecule has 1 atom stereocenters. The molecule has 0 radical (unpaired) electrons. The number of nitrogens with one attached hydrogen (secondary N) is 1. The maximum Gasteiger partial charge on any atom is 0.292 e. The standard InChI is InChI=1S/C17H14ClN3O4/c18-12-5-7-13(8-6-12)20-10-11(9-16(20)22)17(23)19-14-3-1-2-4-15(14)21(24)25/h1-8,11H,9-10H2,(H,19,23). The molecule has 7 nitrogen and oxygen atoms in total. The Morgan fingerprint density at radius 2 is 1.88 bits per heavy atom. The third-order valence-electron chi connectivity index (χ3n) is 3.99. The minimum absolute atomic E-state index is 0.0507. The molecule has 128 valence electrons. The second kappa shape index (κ2) is 6.90. The van der Waals surface area contributed by atoms with Crippen molar-refractivity contribution in [2.45, 2.75) is 6.42 Å². The smallest absolute Gasteiger partial charge is 0.292 e. The Hall–Kier alpha value is -2.93. The predicted octanol–water partition coefficient (Wildman–Crippen LogP) is 3.24. The average Bonchev–Trinajstić information content (AvgIpc) is 2.98. The van der Waals surface area contributed by atoms with Crippen LogP contribution in [-0.2, 0) is 9.59 Å². The summed E-state index contributed by atoms with van der Waals surface area (Å²) in [6, 6.07) is 12.7. The van der Waals surface area contributed by atoms with Crippen molar-refractivity contribution >= 4 is 40.5 Å². The van der Waals surface area contributed by atoms with Gasteiger partial charge in [-0.1, -0.05) is 23.7 Å². The highest BCUT2D eigenvalue weighted by atomic mass is 35.5. The highest BCUT2D eigenvalue weighted by Gasteiger charge is 2.35. The van der Waals surface area contributed by atoms with Crippen molar-refractivity contribution in [2.24, 2.45) is 5.92 Å². The first kappa shape index (κ1) is 16.9. The van der Waals surface area contributed by atoms with Crippen molar-refractivity contribution in [1.29, 1.82) is 0 Å². The zero-order valence-electron chi connectivity index (χ0n) is 13.0. The molecular weight excluding hydrogens is 346 g/mol. The summed E-state index contributed by atoms with van der Waals surface area (Å²) >= 11 is 5.84. The molecule has 3 rings (SSSR count). The van der Waals surface area contributed by atoms with Gasteiger partial charge in [-0.2, -0.15) is 0 Å². The largest absolute Gasteiger partial charge is 0.320 e. The molecule has 1 saturated heterocycles. The second-order valence-corrected chi connectivity index (χ2v) is 6.08. The fraction of sp³-hybridized carbons (Fsp3) is 0.176. The molecule has 2 aromatic rings. The summed E-state index contributed by atoms with van der Waals surface area (Å²) in [6.45, 7) is 0.215. The molecule has 0 spiro atoms. The number of rotatable bonds is 4. The highest BCUT2D eigenvalue weighted by molar-refractivity contribution is 6.30. The third-order valence-corrected chi connectivity index (χ3v) is 4.24. The van der Waals surface area contributed by atoms with Crippen LogP contribution in [-0.4, -0.2) is 23.3 Å². The quantitative estimate of drug-likeness (QED) is 0.670. The van der Waals surface area contributed by atoms with Crippen LogP contribution in [0.3, 0.4) is 0 Å². The maximum absolute atomic E-state index is 12.4. The van der Waals surface area contributed by atoms with E-state index in [-0.39, 0.29) is 30.2 Å². The number of carbonyl (C=O) groups is 2. The van der Waals surface area contributed by atoms with Crippen LogP contribution in [0, 0.1) is 16.0 Å².